The van der Waals surface area contributed by atoms with Crippen LogP contribution in [0.1, 0.15) is 56.6 Å². The van der Waals surface area contributed by atoms with E-state index in [9.17, 15) is 5.11 Å². The minimum Gasteiger partial charge on any atom is -0.496 e. The molecular weight excluding hydrogens is 248 g/mol. The summed E-state index contributed by atoms with van der Waals surface area (Å²) in [6, 6.07) is 7.92. The maximum absolute atomic E-state index is 10.8. The normalized spacial score (nSPS) is 31.4. The van der Waals surface area contributed by atoms with Crippen molar-refractivity contribution in [1.29, 1.82) is 0 Å². The van der Waals surface area contributed by atoms with Crippen molar-refractivity contribution in [3.05, 3.63) is 29.8 Å². The van der Waals surface area contributed by atoms with Gasteiger partial charge in [-0.3, -0.25) is 0 Å². The molecule has 2 aliphatic rings. The molecule has 0 heterocycles. The van der Waals surface area contributed by atoms with Gasteiger partial charge in [0.1, 0.15) is 5.75 Å². The maximum Gasteiger partial charge on any atom is 0.124 e. The first-order valence-corrected chi connectivity index (χ1v) is 8.10. The number of ether oxygens (including phenoxy) is 1. The minimum atomic E-state index is -0.367. The van der Waals surface area contributed by atoms with Crippen LogP contribution in [0.15, 0.2) is 24.3 Å². The van der Waals surface area contributed by atoms with Crippen LogP contribution >= 0.6 is 0 Å². The summed E-state index contributed by atoms with van der Waals surface area (Å²) in [6.45, 7) is 0. The van der Waals surface area contributed by atoms with Crippen LogP contribution in [-0.2, 0) is 0 Å². The molecule has 3 rings (SSSR count). The van der Waals surface area contributed by atoms with E-state index in [0.29, 0.717) is 5.92 Å². The Morgan fingerprint density at radius 3 is 2.60 bits per heavy atom. The standard InChI is InChI=1S/C18H26O2/c1-20-17-9-5-4-8-16(17)18(19)15-11-10-13-6-2-3-7-14(13)12-15/h4-5,8-9,13-15,18-19H,2-3,6-7,10-12H2,1H3. The lowest BCUT2D eigenvalue weighted by atomic mass is 9.66. The summed E-state index contributed by atoms with van der Waals surface area (Å²) in [4.78, 5) is 0. The van der Waals surface area contributed by atoms with E-state index in [1.54, 1.807) is 7.11 Å². The van der Waals surface area contributed by atoms with Crippen LogP contribution in [0.4, 0.5) is 0 Å². The van der Waals surface area contributed by atoms with Crippen LogP contribution in [0.2, 0.25) is 0 Å². The highest BCUT2D eigenvalue weighted by molar-refractivity contribution is 5.35. The van der Waals surface area contributed by atoms with Gasteiger partial charge in [-0.15, -0.1) is 0 Å². The van der Waals surface area contributed by atoms with Crippen molar-refractivity contribution in [2.45, 2.75) is 51.0 Å². The number of benzene rings is 1. The molecule has 2 fully saturated rings. The number of hydrogen-bond acceptors (Lipinski definition) is 2. The summed E-state index contributed by atoms with van der Waals surface area (Å²) in [5.74, 6) is 3.02. The van der Waals surface area contributed by atoms with Crippen molar-refractivity contribution in [3.8, 4) is 5.75 Å². The molecule has 0 radical (unpaired) electrons. The lowest BCUT2D eigenvalue weighted by Crippen LogP contribution is -2.30. The summed E-state index contributed by atoms with van der Waals surface area (Å²) >= 11 is 0. The molecule has 0 saturated heterocycles. The average molecular weight is 274 g/mol. The van der Waals surface area contributed by atoms with Crippen LogP contribution in [-0.4, -0.2) is 12.2 Å². The summed E-state index contributed by atoms with van der Waals surface area (Å²) in [7, 11) is 1.68. The van der Waals surface area contributed by atoms with Gasteiger partial charge in [0.25, 0.3) is 0 Å². The topological polar surface area (TPSA) is 29.5 Å². The van der Waals surface area contributed by atoms with E-state index < -0.39 is 0 Å². The van der Waals surface area contributed by atoms with Crippen molar-refractivity contribution in [1.82, 2.24) is 0 Å². The van der Waals surface area contributed by atoms with Gasteiger partial charge in [-0.1, -0.05) is 43.9 Å². The Bertz CT molecular complexity index is 443. The molecule has 4 atom stereocenters. The van der Waals surface area contributed by atoms with Gasteiger partial charge in [-0.2, -0.15) is 0 Å². The van der Waals surface area contributed by atoms with Crippen LogP contribution in [0.3, 0.4) is 0 Å². The molecule has 1 N–H and O–H groups in total. The van der Waals surface area contributed by atoms with Crippen molar-refractivity contribution in [2.75, 3.05) is 7.11 Å². The van der Waals surface area contributed by atoms with Crippen LogP contribution in [0, 0.1) is 17.8 Å². The lowest BCUT2D eigenvalue weighted by molar-refractivity contribution is 0.0336. The Kier molecular flexibility index (Phi) is 4.30. The molecule has 2 aliphatic carbocycles. The predicted molar refractivity (Wildman–Crippen MR) is 80.7 cm³/mol. The zero-order valence-electron chi connectivity index (χ0n) is 12.4. The third kappa shape index (κ3) is 2.71. The molecule has 110 valence electrons. The number of methoxy groups -OCH3 is 1. The molecule has 2 nitrogen and oxygen atoms in total. The number of fused-ring (bicyclic) bond motifs is 1. The molecule has 20 heavy (non-hydrogen) atoms. The predicted octanol–water partition coefficient (Wildman–Crippen LogP) is 4.34. The van der Waals surface area contributed by atoms with Crippen molar-refractivity contribution < 1.29 is 9.84 Å². The van der Waals surface area contributed by atoms with Gasteiger partial charge in [-0.25, -0.2) is 0 Å². The molecule has 2 heteroatoms. The van der Waals surface area contributed by atoms with E-state index in [1.165, 1.54) is 44.9 Å². The largest absolute Gasteiger partial charge is 0.496 e. The average Bonchev–Trinajstić information content (AvgIpc) is 2.53. The molecule has 4 unspecified atom stereocenters. The smallest absolute Gasteiger partial charge is 0.124 e. The molecule has 0 bridgehead atoms. The van der Waals surface area contributed by atoms with E-state index in [1.807, 2.05) is 24.3 Å². The maximum atomic E-state index is 10.8. The van der Waals surface area contributed by atoms with Gasteiger partial charge in [0, 0.05) is 5.56 Å². The van der Waals surface area contributed by atoms with E-state index in [2.05, 4.69) is 0 Å². The summed E-state index contributed by atoms with van der Waals surface area (Å²) in [5.41, 5.74) is 0.967. The van der Waals surface area contributed by atoms with Gasteiger partial charge in [-0.05, 0) is 43.1 Å². The van der Waals surface area contributed by atoms with Crippen molar-refractivity contribution in [3.63, 3.8) is 0 Å². The fourth-order valence-corrected chi connectivity index (χ4v) is 4.36. The summed E-state index contributed by atoms with van der Waals surface area (Å²) in [5, 5.41) is 10.8. The quantitative estimate of drug-likeness (QED) is 0.888. The Balaban J connectivity index is 1.72. The van der Waals surface area contributed by atoms with Crippen LogP contribution in [0.25, 0.3) is 0 Å². The molecule has 0 aliphatic heterocycles. The highest BCUT2D eigenvalue weighted by atomic mass is 16.5. The molecule has 2 saturated carbocycles. The summed E-state index contributed by atoms with van der Waals surface area (Å²) < 4.78 is 5.40. The van der Waals surface area contributed by atoms with Crippen molar-refractivity contribution >= 4 is 0 Å². The third-order valence-corrected chi connectivity index (χ3v) is 5.48. The first-order chi connectivity index (χ1) is 9.79. The molecular formula is C18H26O2. The molecule has 0 aromatic heterocycles. The second kappa shape index (κ2) is 6.17. The Morgan fingerprint density at radius 1 is 1.05 bits per heavy atom. The minimum absolute atomic E-state index is 0.367. The van der Waals surface area contributed by atoms with Crippen LogP contribution < -0.4 is 4.74 Å². The van der Waals surface area contributed by atoms with Gasteiger partial charge < -0.3 is 9.84 Å². The van der Waals surface area contributed by atoms with Gasteiger partial charge >= 0.3 is 0 Å². The van der Waals surface area contributed by atoms with Gasteiger partial charge in [0.15, 0.2) is 0 Å². The first kappa shape index (κ1) is 13.9. The highest BCUT2D eigenvalue weighted by Gasteiger charge is 2.35. The zero-order chi connectivity index (χ0) is 13.9. The summed E-state index contributed by atoms with van der Waals surface area (Å²) in [6.07, 6.45) is 8.90. The van der Waals surface area contributed by atoms with E-state index >= 15 is 0 Å². The second-order valence-electron chi connectivity index (χ2n) is 6.56. The van der Waals surface area contributed by atoms with Crippen molar-refractivity contribution in [2.24, 2.45) is 17.8 Å². The second-order valence-corrected chi connectivity index (χ2v) is 6.56. The van der Waals surface area contributed by atoms with Gasteiger partial charge in [0.05, 0.1) is 13.2 Å². The zero-order valence-corrected chi connectivity index (χ0v) is 12.4. The Morgan fingerprint density at radius 2 is 1.80 bits per heavy atom. The molecule has 1 aromatic carbocycles. The molecule has 0 spiro atoms. The molecule has 0 amide bonds. The number of rotatable bonds is 3. The number of aliphatic hydroxyl groups is 1. The fourth-order valence-electron chi connectivity index (χ4n) is 4.36. The number of para-hydroxylation sites is 1. The Labute approximate surface area is 122 Å². The van der Waals surface area contributed by atoms with Gasteiger partial charge in [0.2, 0.25) is 0 Å². The lowest BCUT2D eigenvalue weighted by Gasteiger charge is -2.41. The Hall–Kier alpha value is -1.02. The number of aliphatic hydroxyl groups excluding tert-OH is 1. The van der Waals surface area contributed by atoms with E-state index in [4.69, 9.17) is 4.74 Å². The first-order valence-electron chi connectivity index (χ1n) is 8.10. The monoisotopic (exact) mass is 274 g/mol. The number of hydrogen-bond donors (Lipinski definition) is 1. The highest BCUT2D eigenvalue weighted by Crippen LogP contribution is 2.47. The van der Waals surface area contributed by atoms with E-state index in [0.717, 1.165) is 23.1 Å². The fraction of sp³-hybridized carbons (Fsp3) is 0.667. The third-order valence-electron chi connectivity index (χ3n) is 5.48. The molecule has 1 aromatic rings. The van der Waals surface area contributed by atoms with Crippen LogP contribution in [0.5, 0.6) is 5.75 Å². The van der Waals surface area contributed by atoms with E-state index in [-0.39, 0.29) is 6.10 Å². The SMILES string of the molecule is COc1ccccc1C(O)C1CCC2CCCCC2C1.